The highest BCUT2D eigenvalue weighted by atomic mass is 35.5. The lowest BCUT2D eigenvalue weighted by atomic mass is 10.1. The Morgan fingerprint density at radius 2 is 1.59 bits per heavy atom. The van der Waals surface area contributed by atoms with E-state index in [-0.39, 0.29) is 17.3 Å². The minimum absolute atomic E-state index is 0.00105. The molecule has 8 nitrogen and oxygen atoms in total. The second-order valence-electron chi connectivity index (χ2n) is 9.34. The van der Waals surface area contributed by atoms with Crippen LogP contribution >= 0.6 is 23.2 Å². The number of aryl methyl sites for hydroxylation is 1. The lowest BCUT2D eigenvalue weighted by molar-refractivity contribution is -0.140. The molecule has 1 atom stereocenters. The molecule has 0 heterocycles. The largest absolute Gasteiger partial charge is 0.494 e. The molecular weight excluding hydrogens is 585 g/mol. The third kappa shape index (κ3) is 8.15. The summed E-state index contributed by atoms with van der Waals surface area (Å²) >= 11 is 12.3. The van der Waals surface area contributed by atoms with Crippen LogP contribution in [0.3, 0.4) is 0 Å². The third-order valence-corrected chi connectivity index (χ3v) is 8.92. The van der Waals surface area contributed by atoms with Gasteiger partial charge in [-0.1, -0.05) is 53.9 Å². The zero-order valence-electron chi connectivity index (χ0n) is 23.6. The molecule has 0 bridgehead atoms. The van der Waals surface area contributed by atoms with Crippen LogP contribution in [0, 0.1) is 6.92 Å². The molecule has 0 aliphatic carbocycles. The monoisotopic (exact) mass is 619 g/mol. The molecule has 3 rings (SSSR count). The number of nitrogens with one attached hydrogen (secondary N) is 1. The summed E-state index contributed by atoms with van der Waals surface area (Å²) in [5.41, 5.74) is 1.90. The number of ether oxygens (including phenoxy) is 1. The smallest absolute Gasteiger partial charge is 0.264 e. The summed E-state index contributed by atoms with van der Waals surface area (Å²) < 4.78 is 34.5. The maximum absolute atomic E-state index is 14.0. The molecule has 1 N–H and O–H groups in total. The van der Waals surface area contributed by atoms with E-state index in [0.29, 0.717) is 46.6 Å². The molecular formula is C30H35Cl2N3O5S. The van der Waals surface area contributed by atoms with E-state index in [0.717, 1.165) is 9.87 Å². The van der Waals surface area contributed by atoms with Gasteiger partial charge in [-0.2, -0.15) is 0 Å². The number of sulfonamides is 1. The van der Waals surface area contributed by atoms with Crippen molar-refractivity contribution in [1.82, 2.24) is 10.2 Å². The molecule has 0 aliphatic heterocycles. The lowest BCUT2D eigenvalue weighted by Gasteiger charge is -2.33. The highest BCUT2D eigenvalue weighted by Gasteiger charge is 2.33. The minimum Gasteiger partial charge on any atom is -0.494 e. The topological polar surface area (TPSA) is 96.0 Å². The van der Waals surface area contributed by atoms with Gasteiger partial charge in [-0.25, -0.2) is 8.42 Å². The number of halogens is 2. The summed E-state index contributed by atoms with van der Waals surface area (Å²) in [5.74, 6) is -0.353. The van der Waals surface area contributed by atoms with Gasteiger partial charge < -0.3 is 15.0 Å². The number of hydrogen-bond donors (Lipinski definition) is 1. The number of likely N-dealkylation sites (N-methyl/N-ethyl adjacent to an activating group) is 1. The van der Waals surface area contributed by atoms with Gasteiger partial charge >= 0.3 is 0 Å². The van der Waals surface area contributed by atoms with Crippen molar-refractivity contribution in [1.29, 1.82) is 0 Å². The van der Waals surface area contributed by atoms with Crippen molar-refractivity contribution in [2.45, 2.75) is 51.6 Å². The Morgan fingerprint density at radius 3 is 2.15 bits per heavy atom. The quantitative estimate of drug-likeness (QED) is 0.259. The van der Waals surface area contributed by atoms with E-state index in [1.807, 2.05) is 13.8 Å². The fraction of sp³-hybridized carbons (Fsp3) is 0.333. The first-order valence-corrected chi connectivity index (χ1v) is 15.5. The number of anilines is 1. The Kier molecular flexibility index (Phi) is 11.5. The van der Waals surface area contributed by atoms with Crippen molar-refractivity contribution in [3.63, 3.8) is 0 Å². The normalized spacial score (nSPS) is 12.0. The average Bonchev–Trinajstić information content (AvgIpc) is 2.94. The van der Waals surface area contributed by atoms with Crippen LogP contribution in [0.2, 0.25) is 10.0 Å². The van der Waals surface area contributed by atoms with E-state index in [1.165, 1.54) is 17.0 Å². The van der Waals surface area contributed by atoms with Crippen LogP contribution in [0.25, 0.3) is 0 Å². The summed E-state index contributed by atoms with van der Waals surface area (Å²) in [5, 5.41) is 3.44. The molecule has 0 radical (unpaired) electrons. The molecule has 0 unspecified atom stereocenters. The Labute approximate surface area is 252 Å². The average molecular weight is 621 g/mol. The number of amides is 2. The van der Waals surface area contributed by atoms with Crippen LogP contribution in [0.5, 0.6) is 5.75 Å². The molecule has 11 heteroatoms. The van der Waals surface area contributed by atoms with Crippen molar-refractivity contribution in [2.24, 2.45) is 0 Å². The number of nitrogens with zero attached hydrogens (tertiary/aromatic N) is 2. The second kappa shape index (κ2) is 14.6. The predicted octanol–water partition coefficient (Wildman–Crippen LogP) is 5.84. The van der Waals surface area contributed by atoms with Crippen LogP contribution in [0.1, 0.15) is 38.3 Å². The van der Waals surface area contributed by atoms with E-state index in [4.69, 9.17) is 27.9 Å². The molecule has 0 spiro atoms. The molecule has 3 aromatic carbocycles. The molecule has 0 aliphatic rings. The zero-order chi connectivity index (χ0) is 30.2. The first-order valence-electron chi connectivity index (χ1n) is 13.3. The number of rotatable bonds is 13. The predicted molar refractivity (Wildman–Crippen MR) is 163 cm³/mol. The number of hydrogen-bond acceptors (Lipinski definition) is 5. The fourth-order valence-corrected chi connectivity index (χ4v) is 6.02. The maximum atomic E-state index is 14.0. The molecule has 2 amide bonds. The highest BCUT2D eigenvalue weighted by Crippen LogP contribution is 2.28. The molecule has 41 heavy (non-hydrogen) atoms. The van der Waals surface area contributed by atoms with Crippen molar-refractivity contribution in [3.05, 3.63) is 87.9 Å². The standard InChI is InChI=1S/C30H35Cl2N3O5S/c1-5-28(30(37)33-6-2)34(19-22-10-17-26(31)27(32)18-22)29(36)20-35(23-11-8-21(4)9-12-23)41(38,39)25-15-13-24(14-16-25)40-7-3/h8-18,28H,5-7,19-20H2,1-4H3,(H,33,37)/t28-/m1/s1. The number of carbonyl (C=O) groups excluding carboxylic acids is 2. The summed E-state index contributed by atoms with van der Waals surface area (Å²) in [6.45, 7) is 7.62. The Bertz CT molecular complexity index is 1450. The fourth-order valence-electron chi connectivity index (χ4n) is 4.29. The van der Waals surface area contributed by atoms with E-state index in [9.17, 15) is 18.0 Å². The number of benzene rings is 3. The van der Waals surface area contributed by atoms with Gasteiger partial charge in [0.2, 0.25) is 11.8 Å². The minimum atomic E-state index is -4.18. The molecule has 3 aromatic rings. The first kappa shape index (κ1) is 32.2. The number of carbonyl (C=O) groups is 2. The molecule has 0 saturated heterocycles. The lowest BCUT2D eigenvalue weighted by Crippen LogP contribution is -2.52. The van der Waals surface area contributed by atoms with E-state index in [2.05, 4.69) is 5.32 Å². The summed E-state index contributed by atoms with van der Waals surface area (Å²) in [6.07, 6.45) is 0.315. The van der Waals surface area contributed by atoms with Gasteiger partial charge in [0.25, 0.3) is 10.0 Å². The van der Waals surface area contributed by atoms with Crippen molar-refractivity contribution in [2.75, 3.05) is 24.0 Å². The summed E-state index contributed by atoms with van der Waals surface area (Å²) in [6, 6.07) is 17.0. The molecule has 0 saturated carbocycles. The van der Waals surface area contributed by atoms with E-state index >= 15 is 0 Å². The molecule has 0 aromatic heterocycles. The van der Waals surface area contributed by atoms with Gasteiger partial charge in [-0.3, -0.25) is 13.9 Å². The zero-order valence-corrected chi connectivity index (χ0v) is 25.9. The van der Waals surface area contributed by atoms with E-state index in [1.54, 1.807) is 68.4 Å². The van der Waals surface area contributed by atoms with Gasteiger partial charge in [0, 0.05) is 13.1 Å². The van der Waals surface area contributed by atoms with Gasteiger partial charge in [0.15, 0.2) is 0 Å². The molecule has 0 fully saturated rings. The summed E-state index contributed by atoms with van der Waals surface area (Å²) in [4.78, 5) is 28.5. The van der Waals surface area contributed by atoms with E-state index < -0.39 is 28.5 Å². The molecule has 220 valence electrons. The highest BCUT2D eigenvalue weighted by molar-refractivity contribution is 7.92. The van der Waals surface area contributed by atoms with Gasteiger partial charge in [0.1, 0.15) is 18.3 Å². The SMILES string of the molecule is CCNC(=O)[C@@H](CC)N(Cc1ccc(Cl)c(Cl)c1)C(=O)CN(c1ccc(C)cc1)S(=O)(=O)c1ccc(OCC)cc1. The van der Waals surface area contributed by atoms with Crippen LogP contribution in [-0.2, 0) is 26.2 Å². The van der Waals surface area contributed by atoms with Gasteiger partial charge in [0.05, 0.1) is 27.2 Å². The van der Waals surface area contributed by atoms with Gasteiger partial charge in [-0.05, 0) is 81.3 Å². The van der Waals surface area contributed by atoms with Crippen LogP contribution in [-0.4, -0.2) is 50.9 Å². The van der Waals surface area contributed by atoms with Gasteiger partial charge in [-0.15, -0.1) is 0 Å². The van der Waals surface area contributed by atoms with Crippen molar-refractivity contribution < 1.29 is 22.7 Å². The van der Waals surface area contributed by atoms with Crippen molar-refractivity contribution >= 4 is 50.7 Å². The van der Waals surface area contributed by atoms with Crippen LogP contribution < -0.4 is 14.4 Å². The van der Waals surface area contributed by atoms with Crippen LogP contribution in [0.15, 0.2) is 71.6 Å². The third-order valence-electron chi connectivity index (χ3n) is 6.40. The van der Waals surface area contributed by atoms with Crippen LogP contribution in [0.4, 0.5) is 5.69 Å². The Morgan fingerprint density at radius 1 is 0.927 bits per heavy atom. The second-order valence-corrected chi connectivity index (χ2v) is 12.0. The Hall–Kier alpha value is -3.27. The van der Waals surface area contributed by atoms with Crippen molar-refractivity contribution in [3.8, 4) is 5.75 Å². The Balaban J connectivity index is 2.05. The first-order chi connectivity index (χ1) is 19.5. The maximum Gasteiger partial charge on any atom is 0.264 e. The summed E-state index contributed by atoms with van der Waals surface area (Å²) in [7, 11) is -4.18.